The van der Waals surface area contributed by atoms with E-state index in [9.17, 15) is 9.59 Å². The molecule has 0 aliphatic heterocycles. The van der Waals surface area contributed by atoms with E-state index in [1.165, 1.54) is 0 Å². The Labute approximate surface area is 112 Å². The van der Waals surface area contributed by atoms with Crippen LogP contribution in [0.25, 0.3) is 0 Å². The lowest BCUT2D eigenvalue weighted by Gasteiger charge is -2.23. The fourth-order valence-corrected chi connectivity index (χ4v) is 1.94. The zero-order chi connectivity index (χ0) is 14.4. The van der Waals surface area contributed by atoms with Crippen molar-refractivity contribution in [3.8, 4) is 0 Å². The number of aliphatic carboxylic acids is 2. The minimum Gasteiger partial charge on any atom is -0.481 e. The van der Waals surface area contributed by atoms with E-state index in [1.807, 2.05) is 31.2 Å². The molecule has 0 amide bonds. The molecule has 1 rings (SSSR count). The number of hydrogen-bond acceptors (Lipinski definition) is 3. The number of rotatable bonds is 7. The molecule has 0 radical (unpaired) electrons. The lowest BCUT2D eigenvalue weighted by atomic mass is 10.1. The van der Waals surface area contributed by atoms with Crippen molar-refractivity contribution in [2.75, 3.05) is 13.6 Å². The van der Waals surface area contributed by atoms with Gasteiger partial charge in [-0.15, -0.1) is 0 Å². The minimum atomic E-state index is -1.10. The highest BCUT2D eigenvalue weighted by molar-refractivity contribution is 5.80. The monoisotopic (exact) mass is 265 g/mol. The van der Waals surface area contributed by atoms with Crippen molar-refractivity contribution >= 4 is 11.9 Å². The highest BCUT2D eigenvalue weighted by atomic mass is 16.4. The lowest BCUT2D eigenvalue weighted by molar-refractivity contribution is -0.149. The number of carbonyl (C=O) groups is 2. The lowest BCUT2D eigenvalue weighted by Crippen LogP contribution is -2.41. The smallest absolute Gasteiger partial charge is 0.321 e. The van der Waals surface area contributed by atoms with E-state index in [1.54, 1.807) is 11.9 Å². The van der Waals surface area contributed by atoms with Crippen molar-refractivity contribution in [2.24, 2.45) is 0 Å². The van der Waals surface area contributed by atoms with Crippen molar-refractivity contribution in [1.29, 1.82) is 0 Å². The van der Waals surface area contributed by atoms with Crippen LogP contribution in [0.1, 0.15) is 17.5 Å². The fraction of sp³-hybridized carbons (Fsp3) is 0.429. The fourth-order valence-electron chi connectivity index (χ4n) is 1.94. The van der Waals surface area contributed by atoms with Crippen LogP contribution in [0.4, 0.5) is 0 Å². The topological polar surface area (TPSA) is 77.8 Å². The first-order valence-corrected chi connectivity index (χ1v) is 6.11. The Hall–Kier alpha value is -1.88. The van der Waals surface area contributed by atoms with Crippen LogP contribution < -0.4 is 0 Å². The summed E-state index contributed by atoms with van der Waals surface area (Å²) in [4.78, 5) is 23.3. The molecule has 104 valence electrons. The Kier molecular flexibility index (Phi) is 5.51. The second-order valence-electron chi connectivity index (χ2n) is 4.61. The van der Waals surface area contributed by atoms with Gasteiger partial charge in [0.05, 0.1) is 6.42 Å². The number of aryl methyl sites for hydroxylation is 1. The SMILES string of the molecule is Cc1ccccc1CCN(C)C(CC(=O)O)C(=O)O. The van der Waals surface area contributed by atoms with Crippen molar-refractivity contribution in [3.05, 3.63) is 35.4 Å². The molecule has 0 aliphatic carbocycles. The van der Waals surface area contributed by atoms with Gasteiger partial charge in [0.1, 0.15) is 6.04 Å². The van der Waals surface area contributed by atoms with Crippen LogP contribution in [-0.4, -0.2) is 46.7 Å². The number of hydrogen-bond donors (Lipinski definition) is 2. The van der Waals surface area contributed by atoms with Gasteiger partial charge in [-0.3, -0.25) is 14.5 Å². The molecule has 19 heavy (non-hydrogen) atoms. The van der Waals surface area contributed by atoms with Gasteiger partial charge in [0.15, 0.2) is 0 Å². The highest BCUT2D eigenvalue weighted by Gasteiger charge is 2.25. The summed E-state index contributed by atoms with van der Waals surface area (Å²) in [5.74, 6) is -2.20. The molecule has 1 atom stereocenters. The van der Waals surface area contributed by atoms with Gasteiger partial charge in [0.2, 0.25) is 0 Å². The van der Waals surface area contributed by atoms with E-state index in [-0.39, 0.29) is 6.42 Å². The van der Waals surface area contributed by atoms with E-state index < -0.39 is 18.0 Å². The quantitative estimate of drug-likeness (QED) is 0.779. The average Bonchev–Trinajstić information content (AvgIpc) is 2.34. The summed E-state index contributed by atoms with van der Waals surface area (Å²) in [5.41, 5.74) is 2.30. The Morgan fingerprint density at radius 2 is 1.89 bits per heavy atom. The number of nitrogens with zero attached hydrogens (tertiary/aromatic N) is 1. The molecule has 0 heterocycles. The Balaban J connectivity index is 2.62. The summed E-state index contributed by atoms with van der Waals surface area (Å²) < 4.78 is 0. The van der Waals surface area contributed by atoms with Crippen molar-refractivity contribution < 1.29 is 19.8 Å². The maximum Gasteiger partial charge on any atom is 0.321 e. The molecule has 1 aromatic carbocycles. The van der Waals surface area contributed by atoms with Crippen LogP contribution in [0.5, 0.6) is 0 Å². The minimum absolute atomic E-state index is 0.389. The predicted molar refractivity (Wildman–Crippen MR) is 71.2 cm³/mol. The predicted octanol–water partition coefficient (Wildman–Crippen LogP) is 1.40. The van der Waals surface area contributed by atoms with Gasteiger partial charge < -0.3 is 10.2 Å². The van der Waals surface area contributed by atoms with Gasteiger partial charge >= 0.3 is 11.9 Å². The van der Waals surface area contributed by atoms with Gasteiger partial charge in [0.25, 0.3) is 0 Å². The van der Waals surface area contributed by atoms with E-state index in [4.69, 9.17) is 10.2 Å². The van der Waals surface area contributed by atoms with Crippen molar-refractivity contribution in [1.82, 2.24) is 4.90 Å². The van der Waals surface area contributed by atoms with Crippen LogP contribution in [0.15, 0.2) is 24.3 Å². The molecular formula is C14H19NO4. The summed E-state index contributed by atoms with van der Waals surface area (Å²) >= 11 is 0. The Bertz CT molecular complexity index is 459. The largest absolute Gasteiger partial charge is 0.481 e. The first kappa shape index (κ1) is 15.2. The molecule has 0 spiro atoms. The van der Waals surface area contributed by atoms with Crippen LogP contribution in [0, 0.1) is 6.92 Å². The van der Waals surface area contributed by atoms with Crippen molar-refractivity contribution in [3.63, 3.8) is 0 Å². The molecule has 5 nitrogen and oxygen atoms in total. The summed E-state index contributed by atoms with van der Waals surface area (Å²) in [7, 11) is 1.64. The second kappa shape index (κ2) is 6.89. The molecule has 1 unspecified atom stereocenters. The van der Waals surface area contributed by atoms with E-state index in [2.05, 4.69) is 0 Å². The van der Waals surface area contributed by atoms with E-state index in [0.717, 1.165) is 11.1 Å². The third-order valence-electron chi connectivity index (χ3n) is 3.18. The first-order chi connectivity index (χ1) is 8.91. The first-order valence-electron chi connectivity index (χ1n) is 6.11. The number of carboxylic acid groups (broad SMARTS) is 2. The number of benzene rings is 1. The molecule has 0 saturated heterocycles. The third-order valence-corrected chi connectivity index (χ3v) is 3.18. The van der Waals surface area contributed by atoms with Gasteiger partial charge in [-0.1, -0.05) is 24.3 Å². The molecule has 1 aromatic rings. The molecular weight excluding hydrogens is 246 g/mol. The summed E-state index contributed by atoms with van der Waals surface area (Å²) in [6.45, 7) is 2.51. The van der Waals surface area contributed by atoms with Gasteiger partial charge in [-0.2, -0.15) is 0 Å². The molecule has 0 aromatic heterocycles. The Morgan fingerprint density at radius 1 is 1.26 bits per heavy atom. The molecule has 0 bridgehead atoms. The normalized spacial score (nSPS) is 12.4. The number of likely N-dealkylation sites (N-methyl/N-ethyl adjacent to an activating group) is 1. The number of carboxylic acids is 2. The molecule has 5 heteroatoms. The van der Waals surface area contributed by atoms with Crippen LogP contribution in [-0.2, 0) is 16.0 Å². The summed E-state index contributed by atoms with van der Waals surface area (Å²) in [5, 5.41) is 17.8. The Morgan fingerprint density at radius 3 is 2.42 bits per heavy atom. The van der Waals surface area contributed by atoms with Gasteiger partial charge in [-0.05, 0) is 31.5 Å². The van der Waals surface area contributed by atoms with Crippen LogP contribution in [0.2, 0.25) is 0 Å². The van der Waals surface area contributed by atoms with Crippen molar-refractivity contribution in [2.45, 2.75) is 25.8 Å². The molecule has 0 fully saturated rings. The molecule has 0 saturated carbocycles. The maximum absolute atomic E-state index is 11.0. The average molecular weight is 265 g/mol. The zero-order valence-corrected chi connectivity index (χ0v) is 11.2. The second-order valence-corrected chi connectivity index (χ2v) is 4.61. The molecule has 2 N–H and O–H groups in total. The maximum atomic E-state index is 11.0. The van der Waals surface area contributed by atoms with Gasteiger partial charge in [0, 0.05) is 6.54 Å². The van der Waals surface area contributed by atoms with Crippen LogP contribution in [0.3, 0.4) is 0 Å². The van der Waals surface area contributed by atoms with Gasteiger partial charge in [-0.25, -0.2) is 0 Å². The standard InChI is InChI=1S/C14H19NO4/c1-10-5-3-4-6-11(10)7-8-15(2)12(14(18)19)9-13(16)17/h3-6,12H,7-9H2,1-2H3,(H,16,17)(H,18,19). The summed E-state index contributed by atoms with van der Waals surface area (Å²) in [6, 6.07) is 6.90. The third kappa shape index (κ3) is 4.71. The van der Waals surface area contributed by atoms with E-state index >= 15 is 0 Å². The summed E-state index contributed by atoms with van der Waals surface area (Å²) in [6.07, 6.45) is 0.312. The van der Waals surface area contributed by atoms with Crippen LogP contribution >= 0.6 is 0 Å². The highest BCUT2D eigenvalue weighted by Crippen LogP contribution is 2.10. The molecule has 0 aliphatic rings. The van der Waals surface area contributed by atoms with E-state index in [0.29, 0.717) is 13.0 Å². The zero-order valence-electron chi connectivity index (χ0n) is 11.2.